The molecule has 0 aromatic heterocycles. The molecule has 0 aromatic rings. The Kier molecular flexibility index (Phi) is 2.46. The monoisotopic (exact) mass is 254 g/mol. The Bertz CT molecular complexity index is 387. The minimum atomic E-state index is -2.35. The molecule has 6 heteroatoms. The smallest absolute Gasteiger partial charge is 0.452 e. The van der Waals surface area contributed by atoms with Gasteiger partial charge in [-0.25, -0.2) is 9.59 Å². The molecule has 0 atom stereocenters. The highest BCUT2D eigenvalue weighted by molar-refractivity contribution is 6.01. The maximum atomic E-state index is 12.0. The minimum Gasteiger partial charge on any atom is -0.475 e. The highest BCUT2D eigenvalue weighted by atomic mass is 16.8. The number of esters is 1. The van der Waals surface area contributed by atoms with Gasteiger partial charge < -0.3 is 19.3 Å². The number of carboxylic acid groups (broad SMARTS) is 1. The van der Waals surface area contributed by atoms with Crippen LogP contribution in [0.1, 0.15) is 25.7 Å². The second-order valence-electron chi connectivity index (χ2n) is 4.97. The average Bonchev–Trinajstić information content (AvgIpc) is 3.25. The van der Waals surface area contributed by atoms with Gasteiger partial charge in [-0.3, -0.25) is 0 Å². The predicted octanol–water partition coefficient (Wildman–Crippen LogP) is 1.02. The van der Waals surface area contributed by atoms with E-state index in [1.165, 1.54) is 0 Å². The summed E-state index contributed by atoms with van der Waals surface area (Å²) in [5, 5.41) is 9.06. The molecule has 1 heterocycles. The first-order chi connectivity index (χ1) is 8.63. The summed E-state index contributed by atoms with van der Waals surface area (Å²) in [5.74, 6) is -4.06. The number of carboxylic acids is 1. The molecule has 98 valence electrons. The van der Waals surface area contributed by atoms with Crippen LogP contribution >= 0.6 is 0 Å². The van der Waals surface area contributed by atoms with Crippen molar-refractivity contribution in [3.8, 4) is 0 Å². The summed E-state index contributed by atoms with van der Waals surface area (Å²) >= 11 is 0. The van der Waals surface area contributed by atoms with Gasteiger partial charge in [0.1, 0.15) is 18.6 Å². The van der Waals surface area contributed by atoms with Crippen LogP contribution in [0, 0.1) is 11.8 Å². The van der Waals surface area contributed by atoms with Gasteiger partial charge in [0.25, 0.3) is 0 Å². The van der Waals surface area contributed by atoms with Crippen LogP contribution < -0.4 is 0 Å². The molecule has 0 spiro atoms. The van der Waals surface area contributed by atoms with E-state index < -0.39 is 17.7 Å². The lowest BCUT2D eigenvalue weighted by atomic mass is 10.1. The molecule has 2 saturated carbocycles. The van der Waals surface area contributed by atoms with E-state index in [-0.39, 0.29) is 6.10 Å². The second-order valence-corrected chi connectivity index (χ2v) is 4.97. The number of carbonyl (C=O) groups is 2. The molecule has 6 nitrogen and oxygen atoms in total. The van der Waals surface area contributed by atoms with E-state index in [1.54, 1.807) is 0 Å². The first kappa shape index (κ1) is 11.4. The van der Waals surface area contributed by atoms with Crippen molar-refractivity contribution in [2.75, 3.05) is 0 Å². The predicted molar refractivity (Wildman–Crippen MR) is 57.0 cm³/mol. The van der Waals surface area contributed by atoms with E-state index >= 15 is 0 Å². The molecule has 0 bridgehead atoms. The highest BCUT2D eigenvalue weighted by Crippen LogP contribution is 2.46. The van der Waals surface area contributed by atoms with Crippen molar-refractivity contribution in [1.29, 1.82) is 0 Å². The maximum Gasteiger partial charge on any atom is 0.452 e. The van der Waals surface area contributed by atoms with Crippen molar-refractivity contribution in [3.63, 3.8) is 0 Å². The Morgan fingerprint density at radius 1 is 1.17 bits per heavy atom. The largest absolute Gasteiger partial charge is 0.475 e. The first-order valence-electron chi connectivity index (χ1n) is 6.08. The van der Waals surface area contributed by atoms with Gasteiger partial charge in [0.2, 0.25) is 0 Å². The van der Waals surface area contributed by atoms with E-state index in [4.69, 9.17) is 19.3 Å². The van der Waals surface area contributed by atoms with Crippen molar-refractivity contribution in [2.45, 2.75) is 37.6 Å². The lowest BCUT2D eigenvalue weighted by Crippen LogP contribution is -2.50. The number of hydrogen-bond acceptors (Lipinski definition) is 5. The van der Waals surface area contributed by atoms with Crippen LogP contribution in [0.4, 0.5) is 0 Å². The number of aliphatic carboxylic acids is 1. The molecule has 0 aromatic carbocycles. The summed E-state index contributed by atoms with van der Waals surface area (Å²) < 4.78 is 14.9. The third-order valence-corrected chi connectivity index (χ3v) is 3.49. The molecule has 3 aliphatic rings. The third kappa shape index (κ3) is 1.81. The fourth-order valence-electron chi connectivity index (χ4n) is 2.19. The Hall–Kier alpha value is -1.72. The van der Waals surface area contributed by atoms with Gasteiger partial charge in [0, 0.05) is 0 Å². The number of hydrogen-bond donors (Lipinski definition) is 1. The van der Waals surface area contributed by atoms with Gasteiger partial charge in [0.15, 0.2) is 0 Å². The molecule has 0 radical (unpaired) electrons. The molecule has 18 heavy (non-hydrogen) atoms. The summed E-state index contributed by atoms with van der Waals surface area (Å²) in [6.45, 7) is 0. The van der Waals surface area contributed by atoms with Crippen molar-refractivity contribution in [2.24, 2.45) is 11.8 Å². The van der Waals surface area contributed by atoms with E-state index in [1.807, 2.05) is 0 Å². The van der Waals surface area contributed by atoms with Crippen LogP contribution in [0.15, 0.2) is 12.5 Å². The van der Waals surface area contributed by atoms with Crippen LogP contribution in [-0.2, 0) is 23.8 Å². The minimum absolute atomic E-state index is 0.179. The van der Waals surface area contributed by atoms with Crippen LogP contribution in [-0.4, -0.2) is 28.9 Å². The molecule has 1 N–H and O–H groups in total. The zero-order chi connectivity index (χ0) is 12.8. The van der Waals surface area contributed by atoms with Gasteiger partial charge >= 0.3 is 17.7 Å². The second kappa shape index (κ2) is 3.90. The first-order valence-corrected chi connectivity index (χ1v) is 6.08. The Labute approximate surface area is 104 Å². The Morgan fingerprint density at radius 2 is 1.67 bits per heavy atom. The fourth-order valence-corrected chi connectivity index (χ4v) is 2.19. The van der Waals surface area contributed by atoms with Crippen molar-refractivity contribution < 1.29 is 28.9 Å². The summed E-state index contributed by atoms with van der Waals surface area (Å²) in [6.07, 6.45) is 6.05. The zero-order valence-electron chi connectivity index (χ0n) is 9.70. The summed E-state index contributed by atoms with van der Waals surface area (Å²) in [4.78, 5) is 23.1. The Balaban J connectivity index is 1.70. The van der Waals surface area contributed by atoms with E-state index in [2.05, 4.69) is 0 Å². The lowest BCUT2D eigenvalue weighted by Gasteiger charge is -2.24. The van der Waals surface area contributed by atoms with E-state index in [0.717, 1.165) is 38.2 Å². The van der Waals surface area contributed by atoms with Crippen molar-refractivity contribution in [1.82, 2.24) is 0 Å². The molecule has 2 fully saturated rings. The molecule has 0 saturated heterocycles. The summed E-state index contributed by atoms with van der Waals surface area (Å²) in [5.41, 5.74) is 0. The van der Waals surface area contributed by atoms with Gasteiger partial charge in [-0.1, -0.05) is 0 Å². The van der Waals surface area contributed by atoms with E-state index in [0.29, 0.717) is 11.8 Å². The van der Waals surface area contributed by atoms with Crippen LogP contribution in [0.25, 0.3) is 0 Å². The number of rotatable bonds is 5. The molecule has 1 aliphatic heterocycles. The SMILES string of the molecule is O=C(O)C1(C(=O)OC(C2CC2)C2CC2)OC=CO1. The summed E-state index contributed by atoms with van der Waals surface area (Å²) in [6, 6.07) is 0. The normalized spacial score (nSPS) is 24.5. The average molecular weight is 254 g/mol. The van der Waals surface area contributed by atoms with E-state index in [9.17, 15) is 9.59 Å². The van der Waals surface area contributed by atoms with Gasteiger partial charge in [-0.15, -0.1) is 0 Å². The molecule has 0 amide bonds. The van der Waals surface area contributed by atoms with Gasteiger partial charge in [-0.2, -0.15) is 0 Å². The lowest BCUT2D eigenvalue weighted by molar-refractivity contribution is -0.218. The molecule has 0 unspecified atom stereocenters. The third-order valence-electron chi connectivity index (χ3n) is 3.49. The van der Waals surface area contributed by atoms with Crippen molar-refractivity contribution in [3.05, 3.63) is 12.5 Å². The highest BCUT2D eigenvalue weighted by Gasteiger charge is 2.57. The summed E-state index contributed by atoms with van der Waals surface area (Å²) in [7, 11) is 0. The number of carbonyl (C=O) groups excluding carboxylic acids is 1. The van der Waals surface area contributed by atoms with Crippen LogP contribution in [0.3, 0.4) is 0 Å². The topological polar surface area (TPSA) is 82.1 Å². The van der Waals surface area contributed by atoms with Crippen LogP contribution in [0.5, 0.6) is 0 Å². The Morgan fingerprint density at radius 3 is 2.06 bits per heavy atom. The molecule has 2 aliphatic carbocycles. The van der Waals surface area contributed by atoms with Gasteiger partial charge in [0.05, 0.1) is 0 Å². The molecule has 3 rings (SSSR count). The molecular weight excluding hydrogens is 240 g/mol. The van der Waals surface area contributed by atoms with Crippen LogP contribution in [0.2, 0.25) is 0 Å². The standard InChI is InChI=1S/C12H14O6/c13-10(14)12(16-5-6-17-12)11(15)18-9(7-1-2-7)8-3-4-8/h5-9H,1-4H2,(H,13,14). The molecular formula is C12H14O6. The fraction of sp³-hybridized carbons (Fsp3) is 0.667. The maximum absolute atomic E-state index is 12.0. The number of ether oxygens (including phenoxy) is 3. The quantitative estimate of drug-likeness (QED) is 0.582. The van der Waals surface area contributed by atoms with Gasteiger partial charge in [-0.05, 0) is 37.5 Å². The zero-order valence-corrected chi connectivity index (χ0v) is 9.70. The van der Waals surface area contributed by atoms with Crippen molar-refractivity contribution >= 4 is 11.9 Å².